The molecule has 1 amide bonds. The predicted octanol–water partition coefficient (Wildman–Crippen LogP) is 3.12. The number of hydrogen-bond donors (Lipinski definition) is 3. The van der Waals surface area contributed by atoms with E-state index in [0.29, 0.717) is 43.6 Å². The maximum absolute atomic E-state index is 13.9. The smallest absolute Gasteiger partial charge is 0.340 e. The van der Waals surface area contributed by atoms with Crippen molar-refractivity contribution in [3.05, 3.63) is 29.8 Å². The highest BCUT2D eigenvalue weighted by Crippen LogP contribution is 2.80. The molecule has 0 aromatic heterocycles. The molecule has 6 fully saturated rings. The van der Waals surface area contributed by atoms with E-state index >= 15 is 0 Å². The number of piperidine rings is 1. The van der Waals surface area contributed by atoms with Crippen molar-refractivity contribution in [1.82, 2.24) is 4.90 Å². The van der Waals surface area contributed by atoms with Crippen LogP contribution in [0.15, 0.2) is 24.3 Å². The highest BCUT2D eigenvalue weighted by molar-refractivity contribution is 6.01. The van der Waals surface area contributed by atoms with Gasteiger partial charge in [-0.05, 0) is 50.3 Å². The van der Waals surface area contributed by atoms with Gasteiger partial charge in [-0.2, -0.15) is 0 Å². The van der Waals surface area contributed by atoms with Crippen molar-refractivity contribution in [3.63, 3.8) is 0 Å². The minimum atomic E-state index is -1.66. The number of nitrogens with one attached hydrogen (secondary N) is 1. The minimum Gasteiger partial charge on any atom is -0.461 e. The van der Waals surface area contributed by atoms with Gasteiger partial charge in [0.1, 0.15) is 11.2 Å². The summed E-state index contributed by atoms with van der Waals surface area (Å²) in [6.45, 7) is 7.22. The van der Waals surface area contributed by atoms with E-state index < -0.39 is 40.1 Å². The molecule has 1 aromatic rings. The third-order valence-electron chi connectivity index (χ3n) is 14.3. The third-order valence-corrected chi connectivity index (χ3v) is 14.3. The highest BCUT2D eigenvalue weighted by Gasteiger charge is 2.91. The molecule has 11 heteroatoms. The molecule has 48 heavy (non-hydrogen) atoms. The van der Waals surface area contributed by atoms with E-state index in [9.17, 15) is 19.8 Å². The number of methoxy groups -OCH3 is 4. The van der Waals surface area contributed by atoms with Gasteiger partial charge in [-0.25, -0.2) is 4.79 Å². The molecule has 7 bridgehead atoms. The van der Waals surface area contributed by atoms with Gasteiger partial charge in [0.2, 0.25) is 5.91 Å². The van der Waals surface area contributed by atoms with Gasteiger partial charge in [0.25, 0.3) is 0 Å². The van der Waals surface area contributed by atoms with Crippen LogP contribution in [0.25, 0.3) is 0 Å². The molecule has 0 radical (unpaired) electrons. The number of benzene rings is 1. The molecular weight excluding hydrogens is 616 g/mol. The van der Waals surface area contributed by atoms with Gasteiger partial charge in [-0.3, -0.25) is 9.69 Å². The summed E-state index contributed by atoms with van der Waals surface area (Å²) in [4.78, 5) is 29.0. The van der Waals surface area contributed by atoms with E-state index in [1.54, 1.807) is 52.7 Å². The first-order chi connectivity index (χ1) is 23.0. The lowest BCUT2D eigenvalue weighted by Gasteiger charge is -2.70. The van der Waals surface area contributed by atoms with Gasteiger partial charge in [0.05, 0.1) is 48.3 Å². The molecule has 7 rings (SSSR count). The van der Waals surface area contributed by atoms with E-state index in [-0.39, 0.29) is 60.4 Å². The zero-order chi connectivity index (χ0) is 34.4. The molecule has 5 aliphatic carbocycles. The molecule has 5 saturated carbocycles. The maximum Gasteiger partial charge on any atom is 0.340 e. The summed E-state index contributed by atoms with van der Waals surface area (Å²) in [6.07, 6.45) is 1.66. The number of likely N-dealkylation sites (N-methyl/N-ethyl adjacent to an activating group) is 1. The van der Waals surface area contributed by atoms with Crippen LogP contribution in [-0.2, 0) is 28.5 Å². The molecular formula is C37H54N2O9. The Labute approximate surface area is 283 Å². The van der Waals surface area contributed by atoms with Gasteiger partial charge >= 0.3 is 5.97 Å². The van der Waals surface area contributed by atoms with Crippen LogP contribution in [0.3, 0.4) is 0 Å². The van der Waals surface area contributed by atoms with E-state index in [2.05, 4.69) is 17.1 Å². The number of amides is 1. The Bertz CT molecular complexity index is 1430. The maximum atomic E-state index is 13.9. The molecule has 6 aliphatic rings. The number of nitrogens with zero attached hydrogens (tertiary/aromatic N) is 1. The number of carbonyl (C=O) groups excluding carboxylic acids is 2. The molecule has 3 N–H and O–H groups in total. The molecule has 1 saturated heterocycles. The second-order valence-corrected chi connectivity index (χ2v) is 15.6. The lowest BCUT2D eigenvalue weighted by Crippen LogP contribution is -2.82. The SMILES string of the molecule is CC[C@@H](C)C(=O)Nc1ccccc1C(=O)OC[C@@]12CC[C@@H](OC)[C@@]34[C@@H]5C[C@H]6[C@@H](OC)[C@@H]5[C@](O)(C[C@@H]6OC)[C@](O)([C@@H]3N(CC)C1)[C@@H](OC)[C@H]24. The van der Waals surface area contributed by atoms with Crippen LogP contribution >= 0.6 is 0 Å². The van der Waals surface area contributed by atoms with Crippen LogP contribution in [0.4, 0.5) is 5.69 Å². The van der Waals surface area contributed by atoms with Crippen molar-refractivity contribution in [1.29, 1.82) is 0 Å². The second kappa shape index (κ2) is 12.0. The Morgan fingerprint density at radius 2 is 1.81 bits per heavy atom. The molecule has 14 atom stereocenters. The fourth-order valence-electron chi connectivity index (χ4n) is 12.5. The molecule has 11 nitrogen and oxygen atoms in total. The molecule has 1 aliphatic heterocycles. The number of fused-ring (bicyclic) bond motifs is 2. The Balaban J connectivity index is 1.32. The lowest BCUT2D eigenvalue weighted by molar-refractivity contribution is -0.320. The average molecular weight is 671 g/mol. The third kappa shape index (κ3) is 4.12. The first-order valence-corrected chi connectivity index (χ1v) is 17.9. The number of aliphatic hydroxyl groups is 2. The first-order valence-electron chi connectivity index (χ1n) is 17.9. The molecule has 1 heterocycles. The number of hydrogen-bond acceptors (Lipinski definition) is 10. The molecule has 1 aromatic carbocycles. The van der Waals surface area contributed by atoms with Gasteiger partial charge in [0.15, 0.2) is 0 Å². The van der Waals surface area contributed by atoms with Gasteiger partial charge in [-0.15, -0.1) is 0 Å². The summed E-state index contributed by atoms with van der Waals surface area (Å²) in [5.74, 6) is -1.43. The van der Waals surface area contributed by atoms with Crippen LogP contribution in [0.1, 0.15) is 63.2 Å². The van der Waals surface area contributed by atoms with E-state index in [4.69, 9.17) is 23.7 Å². The molecule has 1 spiro atoms. The number of ether oxygens (including phenoxy) is 5. The highest BCUT2D eigenvalue weighted by atomic mass is 16.5. The standard InChI is InChI=1S/C37H54N2O9/c1-8-20(3)31(40)38-24-13-11-10-12-21(24)32(41)48-19-34-15-14-26(45-5)36-23-16-22-25(44-4)17-35(42,27(23)28(22)46-6)37(43,30(47-7)29(34)36)33(36)39(9-2)18-34/h10-13,20,22-23,25-30,33,42-43H,8-9,14-19H2,1-7H3,(H,38,40)/t20-,22-,23-,25+,26-,27-,28-,29-,30+,33-,34-,35-,36-,37-/m1/s1. The van der Waals surface area contributed by atoms with Crippen molar-refractivity contribution in [2.45, 2.75) is 94.5 Å². The summed E-state index contributed by atoms with van der Waals surface area (Å²) < 4.78 is 31.4. The lowest BCUT2D eigenvalue weighted by atomic mass is 9.42. The monoisotopic (exact) mass is 670 g/mol. The zero-order valence-corrected chi connectivity index (χ0v) is 29.4. The largest absolute Gasteiger partial charge is 0.461 e. The fourth-order valence-corrected chi connectivity index (χ4v) is 12.5. The number of anilines is 1. The fraction of sp³-hybridized carbons (Fsp3) is 0.784. The van der Waals surface area contributed by atoms with Gasteiger partial charge in [0, 0.05) is 75.9 Å². The number of carbonyl (C=O) groups is 2. The van der Waals surface area contributed by atoms with Crippen molar-refractivity contribution >= 4 is 17.6 Å². The number of esters is 1. The summed E-state index contributed by atoms with van der Waals surface area (Å²) in [5.41, 5.74) is -3.66. The van der Waals surface area contributed by atoms with E-state index in [1.807, 2.05) is 13.8 Å². The Morgan fingerprint density at radius 1 is 1.06 bits per heavy atom. The van der Waals surface area contributed by atoms with Crippen LogP contribution in [-0.4, -0.2) is 117 Å². The van der Waals surface area contributed by atoms with Crippen molar-refractivity contribution in [3.8, 4) is 0 Å². The topological polar surface area (TPSA) is 136 Å². The normalized spacial score (nSPS) is 45.9. The minimum absolute atomic E-state index is 0.0424. The average Bonchev–Trinajstić information content (AvgIpc) is 3.51. The summed E-state index contributed by atoms with van der Waals surface area (Å²) in [5, 5.41) is 29.5. The first kappa shape index (κ1) is 34.3. The van der Waals surface area contributed by atoms with Crippen molar-refractivity contribution in [2.24, 2.45) is 40.4 Å². The van der Waals surface area contributed by atoms with Crippen molar-refractivity contribution in [2.75, 3.05) is 53.5 Å². The zero-order valence-electron chi connectivity index (χ0n) is 29.4. The number of likely N-dealkylation sites (tertiary alicyclic amines) is 1. The van der Waals surface area contributed by atoms with Crippen LogP contribution in [0.5, 0.6) is 0 Å². The van der Waals surface area contributed by atoms with Crippen LogP contribution in [0.2, 0.25) is 0 Å². The van der Waals surface area contributed by atoms with E-state index in [0.717, 1.165) is 12.8 Å². The summed E-state index contributed by atoms with van der Waals surface area (Å²) in [6, 6.07) is 6.53. The quantitative estimate of drug-likeness (QED) is 0.302. The van der Waals surface area contributed by atoms with Crippen LogP contribution in [0, 0.1) is 40.4 Å². The number of rotatable bonds is 11. The Morgan fingerprint density at radius 3 is 2.46 bits per heavy atom. The summed E-state index contributed by atoms with van der Waals surface area (Å²) >= 11 is 0. The Hall–Kier alpha value is -2.12. The Kier molecular flexibility index (Phi) is 8.58. The summed E-state index contributed by atoms with van der Waals surface area (Å²) in [7, 11) is 6.77. The predicted molar refractivity (Wildman–Crippen MR) is 176 cm³/mol. The van der Waals surface area contributed by atoms with E-state index in [1.165, 1.54) is 0 Å². The molecule has 0 unspecified atom stereocenters. The second-order valence-electron chi connectivity index (χ2n) is 15.6. The molecule has 266 valence electrons. The van der Waals surface area contributed by atoms with Crippen molar-refractivity contribution < 1.29 is 43.5 Å². The van der Waals surface area contributed by atoms with Gasteiger partial charge in [-0.1, -0.05) is 32.9 Å². The number of para-hydroxylation sites is 1. The van der Waals surface area contributed by atoms with Gasteiger partial charge < -0.3 is 39.2 Å². The van der Waals surface area contributed by atoms with Crippen LogP contribution < -0.4 is 5.32 Å².